The lowest BCUT2D eigenvalue weighted by Gasteiger charge is -2.47. The van der Waals surface area contributed by atoms with Crippen molar-refractivity contribution in [2.75, 3.05) is 18.5 Å². The zero-order chi connectivity index (χ0) is 14.0. The Morgan fingerprint density at radius 2 is 2.11 bits per heavy atom. The molecular weight excluding hydrogens is 232 g/mol. The van der Waals surface area contributed by atoms with Crippen LogP contribution in [0.5, 0.6) is 0 Å². The van der Waals surface area contributed by atoms with Crippen LogP contribution in [0.1, 0.15) is 57.6 Å². The Morgan fingerprint density at radius 1 is 1.37 bits per heavy atom. The van der Waals surface area contributed by atoms with E-state index in [1.807, 2.05) is 7.05 Å². The van der Waals surface area contributed by atoms with Crippen molar-refractivity contribution in [2.45, 2.75) is 58.5 Å². The first-order valence-electron chi connectivity index (χ1n) is 7.54. The van der Waals surface area contributed by atoms with Crippen molar-refractivity contribution in [3.05, 3.63) is 29.3 Å². The van der Waals surface area contributed by atoms with Gasteiger partial charge in [0.2, 0.25) is 0 Å². The minimum atomic E-state index is 0.271. The third-order valence-corrected chi connectivity index (χ3v) is 4.28. The summed E-state index contributed by atoms with van der Waals surface area (Å²) in [6, 6.07) is 7.00. The molecule has 0 aromatic heterocycles. The highest BCUT2D eigenvalue weighted by Gasteiger charge is 2.35. The molecule has 2 nitrogen and oxygen atoms in total. The quantitative estimate of drug-likeness (QED) is 0.883. The summed E-state index contributed by atoms with van der Waals surface area (Å²) in [5.74, 6) is 0.648. The average molecular weight is 260 g/mol. The van der Waals surface area contributed by atoms with Gasteiger partial charge in [0.05, 0.1) is 0 Å². The van der Waals surface area contributed by atoms with Crippen LogP contribution >= 0.6 is 0 Å². The van der Waals surface area contributed by atoms with Crippen molar-refractivity contribution in [2.24, 2.45) is 0 Å². The molecule has 1 aliphatic heterocycles. The lowest BCUT2D eigenvalue weighted by molar-refractivity contribution is 0.376. The Labute approximate surface area is 118 Å². The maximum atomic E-state index is 3.24. The summed E-state index contributed by atoms with van der Waals surface area (Å²) in [5.41, 5.74) is 4.64. The molecule has 0 aliphatic carbocycles. The maximum absolute atomic E-state index is 3.24. The second-order valence-electron chi connectivity index (χ2n) is 6.49. The Bertz CT molecular complexity index is 437. The summed E-state index contributed by atoms with van der Waals surface area (Å²) in [6.45, 7) is 11.5. The van der Waals surface area contributed by atoms with Crippen LogP contribution < -0.4 is 10.2 Å². The molecule has 1 aromatic rings. The van der Waals surface area contributed by atoms with Crippen LogP contribution in [0, 0.1) is 0 Å². The number of rotatable bonds is 4. The topological polar surface area (TPSA) is 15.3 Å². The van der Waals surface area contributed by atoms with Crippen molar-refractivity contribution in [3.63, 3.8) is 0 Å². The Morgan fingerprint density at radius 3 is 2.74 bits per heavy atom. The zero-order valence-corrected chi connectivity index (χ0v) is 13.1. The molecule has 0 saturated carbocycles. The molecule has 0 saturated heterocycles. The van der Waals surface area contributed by atoms with E-state index >= 15 is 0 Å². The minimum Gasteiger partial charge on any atom is -0.366 e. The summed E-state index contributed by atoms with van der Waals surface area (Å²) in [6.07, 6.45) is 2.44. The smallest absolute Gasteiger partial charge is 0.0406 e. The molecular formula is C17H28N2. The van der Waals surface area contributed by atoms with Crippen molar-refractivity contribution < 1.29 is 0 Å². The SMILES string of the molecule is CCCN1c2ccc(CNC)cc2C(C)CC1(C)C. The molecule has 1 unspecified atom stereocenters. The Balaban J connectivity index is 2.42. The molecule has 1 heterocycles. The van der Waals surface area contributed by atoms with E-state index in [0.717, 1.165) is 13.1 Å². The van der Waals surface area contributed by atoms with Crippen LogP contribution in [0.2, 0.25) is 0 Å². The molecule has 1 N–H and O–H groups in total. The number of fused-ring (bicyclic) bond motifs is 1. The van der Waals surface area contributed by atoms with Gasteiger partial charge in [0.1, 0.15) is 0 Å². The third-order valence-electron chi connectivity index (χ3n) is 4.28. The highest BCUT2D eigenvalue weighted by molar-refractivity contribution is 5.60. The van der Waals surface area contributed by atoms with Crippen molar-refractivity contribution in [1.82, 2.24) is 5.32 Å². The van der Waals surface area contributed by atoms with E-state index in [1.165, 1.54) is 29.7 Å². The lowest BCUT2D eigenvalue weighted by Crippen LogP contribution is -2.48. The molecule has 0 radical (unpaired) electrons. The van der Waals surface area contributed by atoms with Crippen LogP contribution in [0.3, 0.4) is 0 Å². The second-order valence-corrected chi connectivity index (χ2v) is 6.49. The number of nitrogens with one attached hydrogen (secondary N) is 1. The van der Waals surface area contributed by atoms with E-state index in [4.69, 9.17) is 0 Å². The van der Waals surface area contributed by atoms with Gasteiger partial charge >= 0.3 is 0 Å². The van der Waals surface area contributed by atoms with Crippen LogP contribution in [0.4, 0.5) is 5.69 Å². The van der Waals surface area contributed by atoms with Gasteiger partial charge in [-0.2, -0.15) is 0 Å². The second kappa shape index (κ2) is 5.54. The normalized spacial score (nSPS) is 21.3. The van der Waals surface area contributed by atoms with Gasteiger partial charge in [-0.1, -0.05) is 26.0 Å². The predicted molar refractivity (Wildman–Crippen MR) is 84.0 cm³/mol. The lowest BCUT2D eigenvalue weighted by atomic mass is 9.79. The van der Waals surface area contributed by atoms with Gasteiger partial charge in [-0.05, 0) is 56.8 Å². The van der Waals surface area contributed by atoms with Gasteiger partial charge in [-0.3, -0.25) is 0 Å². The number of nitrogens with zero attached hydrogens (tertiary/aromatic N) is 1. The Hall–Kier alpha value is -1.02. The van der Waals surface area contributed by atoms with Gasteiger partial charge < -0.3 is 10.2 Å². The van der Waals surface area contributed by atoms with Gasteiger partial charge in [-0.15, -0.1) is 0 Å². The molecule has 0 amide bonds. The molecule has 19 heavy (non-hydrogen) atoms. The Kier molecular flexibility index (Phi) is 4.19. The number of anilines is 1. The summed E-state index contributed by atoms with van der Waals surface area (Å²) in [5, 5.41) is 3.24. The summed E-state index contributed by atoms with van der Waals surface area (Å²) in [7, 11) is 2.01. The van der Waals surface area contributed by atoms with E-state index in [1.54, 1.807) is 0 Å². The molecule has 0 bridgehead atoms. The van der Waals surface area contributed by atoms with Gasteiger partial charge in [0.15, 0.2) is 0 Å². The highest BCUT2D eigenvalue weighted by Crippen LogP contribution is 2.43. The van der Waals surface area contributed by atoms with Gasteiger partial charge in [0.25, 0.3) is 0 Å². The van der Waals surface area contributed by atoms with Crippen LogP contribution in [-0.2, 0) is 6.54 Å². The van der Waals surface area contributed by atoms with E-state index in [9.17, 15) is 0 Å². The standard InChI is InChI=1S/C17H28N2/c1-6-9-19-16-8-7-14(12-18-5)10-15(16)13(2)11-17(19,3)4/h7-8,10,13,18H,6,9,11-12H2,1-5H3. The van der Waals surface area contributed by atoms with Crippen LogP contribution in [-0.4, -0.2) is 19.1 Å². The molecule has 0 fully saturated rings. The number of benzene rings is 1. The molecule has 1 aromatic carbocycles. The van der Waals surface area contributed by atoms with Crippen molar-refractivity contribution >= 4 is 5.69 Å². The molecule has 1 atom stereocenters. The first-order chi connectivity index (χ1) is 8.99. The minimum absolute atomic E-state index is 0.271. The molecule has 2 heteroatoms. The predicted octanol–water partition coefficient (Wildman–Crippen LogP) is 3.91. The van der Waals surface area contributed by atoms with Crippen molar-refractivity contribution in [3.8, 4) is 0 Å². The van der Waals surface area contributed by atoms with Crippen molar-refractivity contribution in [1.29, 1.82) is 0 Å². The zero-order valence-electron chi connectivity index (χ0n) is 13.1. The fourth-order valence-corrected chi connectivity index (χ4v) is 3.50. The first kappa shape index (κ1) is 14.4. The first-order valence-corrected chi connectivity index (χ1v) is 7.54. The van der Waals surface area contributed by atoms with E-state index in [2.05, 4.69) is 56.1 Å². The van der Waals surface area contributed by atoms with Gasteiger partial charge in [-0.25, -0.2) is 0 Å². The maximum Gasteiger partial charge on any atom is 0.0406 e. The largest absolute Gasteiger partial charge is 0.366 e. The third kappa shape index (κ3) is 2.79. The molecule has 0 spiro atoms. The van der Waals surface area contributed by atoms with E-state index in [0.29, 0.717) is 5.92 Å². The average Bonchev–Trinajstić information content (AvgIpc) is 2.34. The van der Waals surface area contributed by atoms with Gasteiger partial charge in [0, 0.05) is 24.3 Å². The fraction of sp³-hybridized carbons (Fsp3) is 0.647. The summed E-state index contributed by atoms with van der Waals surface area (Å²) in [4.78, 5) is 2.60. The number of hydrogen-bond acceptors (Lipinski definition) is 2. The molecule has 1 aliphatic rings. The van der Waals surface area contributed by atoms with Crippen LogP contribution in [0.25, 0.3) is 0 Å². The van der Waals surface area contributed by atoms with E-state index < -0.39 is 0 Å². The highest BCUT2D eigenvalue weighted by atomic mass is 15.2. The summed E-state index contributed by atoms with van der Waals surface area (Å²) < 4.78 is 0. The number of hydrogen-bond donors (Lipinski definition) is 1. The molecule has 106 valence electrons. The van der Waals surface area contributed by atoms with Crippen LogP contribution in [0.15, 0.2) is 18.2 Å². The van der Waals surface area contributed by atoms with E-state index in [-0.39, 0.29) is 5.54 Å². The summed E-state index contributed by atoms with van der Waals surface area (Å²) >= 11 is 0. The monoisotopic (exact) mass is 260 g/mol. The molecule has 2 rings (SSSR count). The fourth-order valence-electron chi connectivity index (χ4n) is 3.50.